The zero-order valence-corrected chi connectivity index (χ0v) is 12.5. The van der Waals surface area contributed by atoms with Gasteiger partial charge in [-0.25, -0.2) is 4.79 Å². The first-order valence-corrected chi connectivity index (χ1v) is 6.63. The quantitative estimate of drug-likeness (QED) is 0.650. The van der Waals surface area contributed by atoms with Crippen molar-refractivity contribution in [2.45, 2.75) is 13.3 Å². The van der Waals surface area contributed by atoms with Crippen LogP contribution in [0.2, 0.25) is 5.02 Å². The van der Waals surface area contributed by atoms with E-state index in [1.54, 1.807) is 18.2 Å². The lowest BCUT2D eigenvalue weighted by Crippen LogP contribution is -2.01. The van der Waals surface area contributed by atoms with Crippen molar-refractivity contribution < 1.29 is 14.6 Å². The van der Waals surface area contributed by atoms with Gasteiger partial charge in [-0.05, 0) is 40.6 Å². The number of carboxylic acids is 1. The summed E-state index contributed by atoms with van der Waals surface area (Å²) in [4.78, 5) is 10.9. The van der Waals surface area contributed by atoms with E-state index in [9.17, 15) is 4.79 Å². The SMILES string of the molecule is CCCOc1c(Br)cc(Cl)cc1C=C(C#N)C(=O)O. The number of aliphatic carboxylic acids is 1. The molecule has 1 aromatic rings. The van der Waals surface area contributed by atoms with E-state index in [0.29, 0.717) is 27.4 Å². The third-order valence-electron chi connectivity index (χ3n) is 2.14. The normalized spacial score (nSPS) is 10.9. The summed E-state index contributed by atoms with van der Waals surface area (Å²) >= 11 is 9.23. The number of nitriles is 1. The molecular weight excluding hydrogens is 334 g/mol. The Morgan fingerprint density at radius 3 is 2.84 bits per heavy atom. The summed E-state index contributed by atoms with van der Waals surface area (Å²) in [6.07, 6.45) is 2.05. The lowest BCUT2D eigenvalue weighted by Gasteiger charge is -2.11. The average Bonchev–Trinajstić information content (AvgIpc) is 2.34. The third-order valence-corrected chi connectivity index (χ3v) is 2.95. The van der Waals surface area contributed by atoms with E-state index in [-0.39, 0.29) is 5.57 Å². The molecule has 0 aromatic heterocycles. The first-order valence-electron chi connectivity index (χ1n) is 5.46. The van der Waals surface area contributed by atoms with Crippen LogP contribution < -0.4 is 4.74 Å². The van der Waals surface area contributed by atoms with E-state index >= 15 is 0 Å². The number of benzene rings is 1. The van der Waals surface area contributed by atoms with Crippen LogP contribution >= 0.6 is 27.5 Å². The van der Waals surface area contributed by atoms with E-state index in [2.05, 4.69) is 15.9 Å². The van der Waals surface area contributed by atoms with E-state index < -0.39 is 5.97 Å². The Hall–Kier alpha value is -1.51. The fourth-order valence-corrected chi connectivity index (χ4v) is 2.29. The number of rotatable bonds is 5. The predicted molar refractivity (Wildman–Crippen MR) is 76.2 cm³/mol. The van der Waals surface area contributed by atoms with Gasteiger partial charge in [0.15, 0.2) is 0 Å². The molecule has 1 rings (SSSR count). The first-order chi connectivity index (χ1) is 8.99. The van der Waals surface area contributed by atoms with Crippen molar-refractivity contribution >= 4 is 39.6 Å². The summed E-state index contributed by atoms with van der Waals surface area (Å²) < 4.78 is 6.16. The van der Waals surface area contributed by atoms with Gasteiger partial charge in [-0.2, -0.15) is 5.26 Å². The molecular formula is C13H11BrClNO3. The van der Waals surface area contributed by atoms with E-state index in [0.717, 1.165) is 6.42 Å². The van der Waals surface area contributed by atoms with E-state index in [1.165, 1.54) is 6.08 Å². The second-order valence-corrected chi connectivity index (χ2v) is 4.92. The first kappa shape index (κ1) is 15.5. The van der Waals surface area contributed by atoms with Gasteiger partial charge >= 0.3 is 5.97 Å². The van der Waals surface area contributed by atoms with Crippen LogP contribution in [-0.4, -0.2) is 17.7 Å². The fourth-order valence-electron chi connectivity index (χ4n) is 1.34. The van der Waals surface area contributed by atoms with Gasteiger partial charge in [-0.3, -0.25) is 0 Å². The molecule has 0 unspecified atom stereocenters. The maximum Gasteiger partial charge on any atom is 0.346 e. The summed E-state index contributed by atoms with van der Waals surface area (Å²) in [6.45, 7) is 2.44. The molecule has 0 radical (unpaired) electrons. The molecule has 19 heavy (non-hydrogen) atoms. The average molecular weight is 345 g/mol. The Morgan fingerprint density at radius 1 is 1.63 bits per heavy atom. The number of carboxylic acid groups (broad SMARTS) is 1. The van der Waals surface area contributed by atoms with Gasteiger partial charge in [0.25, 0.3) is 0 Å². The van der Waals surface area contributed by atoms with Crippen LogP contribution in [-0.2, 0) is 4.79 Å². The summed E-state index contributed by atoms with van der Waals surface area (Å²) in [6, 6.07) is 4.82. The highest BCUT2D eigenvalue weighted by molar-refractivity contribution is 9.10. The Balaban J connectivity index is 3.32. The van der Waals surface area contributed by atoms with Gasteiger partial charge in [0.1, 0.15) is 17.4 Å². The lowest BCUT2D eigenvalue weighted by molar-refractivity contribution is -0.132. The molecule has 0 spiro atoms. The monoisotopic (exact) mass is 343 g/mol. The molecule has 1 N–H and O–H groups in total. The molecule has 1 aromatic carbocycles. The van der Waals surface area contributed by atoms with E-state index in [1.807, 2.05) is 6.92 Å². The van der Waals surface area contributed by atoms with Crippen molar-refractivity contribution in [3.63, 3.8) is 0 Å². The van der Waals surface area contributed by atoms with Crippen LogP contribution in [0.4, 0.5) is 0 Å². The minimum absolute atomic E-state index is 0.379. The topological polar surface area (TPSA) is 70.3 Å². The summed E-state index contributed by atoms with van der Waals surface area (Å²) in [5, 5.41) is 18.1. The molecule has 0 fully saturated rings. The van der Waals surface area contributed by atoms with Crippen molar-refractivity contribution in [1.82, 2.24) is 0 Å². The Kier molecular flexibility index (Phi) is 5.87. The van der Waals surface area contributed by atoms with Gasteiger partial charge in [0.05, 0.1) is 11.1 Å². The molecule has 0 amide bonds. The number of halogens is 2. The molecule has 0 atom stereocenters. The summed E-state index contributed by atoms with van der Waals surface area (Å²) in [5.41, 5.74) is 0.0716. The zero-order valence-electron chi connectivity index (χ0n) is 10.1. The smallest absolute Gasteiger partial charge is 0.346 e. The van der Waals surface area contributed by atoms with E-state index in [4.69, 9.17) is 26.7 Å². The molecule has 0 aliphatic heterocycles. The highest BCUT2D eigenvalue weighted by Crippen LogP contribution is 2.34. The van der Waals surface area contributed by atoms with Crippen LogP contribution in [0.1, 0.15) is 18.9 Å². The minimum atomic E-state index is -1.29. The zero-order chi connectivity index (χ0) is 14.4. The summed E-state index contributed by atoms with van der Waals surface area (Å²) in [5.74, 6) is -0.819. The van der Waals surface area contributed by atoms with Crippen molar-refractivity contribution in [2.24, 2.45) is 0 Å². The van der Waals surface area contributed by atoms with Crippen molar-refractivity contribution in [1.29, 1.82) is 5.26 Å². The summed E-state index contributed by atoms with van der Waals surface area (Å²) in [7, 11) is 0. The Morgan fingerprint density at radius 2 is 2.32 bits per heavy atom. The number of hydrogen-bond donors (Lipinski definition) is 1. The van der Waals surface area contributed by atoms with Crippen LogP contribution in [0.5, 0.6) is 5.75 Å². The van der Waals surface area contributed by atoms with Crippen LogP contribution in [0.15, 0.2) is 22.2 Å². The maximum absolute atomic E-state index is 10.9. The Labute approximate surface area is 124 Å². The second kappa shape index (κ2) is 7.17. The van der Waals surface area contributed by atoms with Crippen molar-refractivity contribution in [3.8, 4) is 11.8 Å². The predicted octanol–water partition coefficient (Wildman–Crippen LogP) is 3.88. The highest BCUT2D eigenvalue weighted by Gasteiger charge is 2.12. The van der Waals surface area contributed by atoms with Crippen LogP contribution in [0, 0.1) is 11.3 Å². The molecule has 0 aliphatic carbocycles. The van der Waals surface area contributed by atoms with Gasteiger partial charge in [0.2, 0.25) is 0 Å². The van der Waals surface area contributed by atoms with Gasteiger partial charge in [-0.1, -0.05) is 18.5 Å². The largest absolute Gasteiger partial charge is 0.492 e. The van der Waals surface area contributed by atoms with Gasteiger partial charge in [0, 0.05) is 10.6 Å². The molecule has 0 aliphatic rings. The molecule has 0 saturated heterocycles. The van der Waals surface area contributed by atoms with Crippen molar-refractivity contribution in [2.75, 3.05) is 6.61 Å². The second-order valence-electron chi connectivity index (χ2n) is 3.63. The fraction of sp³-hybridized carbons (Fsp3) is 0.231. The lowest BCUT2D eigenvalue weighted by atomic mass is 10.1. The molecule has 0 bridgehead atoms. The molecule has 0 heterocycles. The maximum atomic E-state index is 10.9. The van der Waals surface area contributed by atoms with Gasteiger partial charge < -0.3 is 9.84 Å². The number of hydrogen-bond acceptors (Lipinski definition) is 3. The standard InChI is InChI=1S/C13H11BrClNO3/c1-2-3-19-12-8(4-9(7-16)13(17)18)5-10(15)6-11(12)14/h4-6H,2-3H2,1H3,(H,17,18). The molecule has 100 valence electrons. The van der Waals surface area contributed by atoms with Gasteiger partial charge in [-0.15, -0.1) is 0 Å². The number of carbonyl (C=O) groups is 1. The Bertz CT molecular complexity index is 564. The molecule has 6 heteroatoms. The number of ether oxygens (including phenoxy) is 1. The third kappa shape index (κ3) is 4.27. The number of nitrogens with zero attached hydrogens (tertiary/aromatic N) is 1. The van der Waals surface area contributed by atoms with Crippen molar-refractivity contribution in [3.05, 3.63) is 32.8 Å². The molecule has 4 nitrogen and oxygen atoms in total. The van der Waals surface area contributed by atoms with Crippen LogP contribution in [0.3, 0.4) is 0 Å². The molecule has 0 saturated carbocycles. The highest BCUT2D eigenvalue weighted by atomic mass is 79.9. The minimum Gasteiger partial charge on any atom is -0.492 e. The van der Waals surface area contributed by atoms with Crippen LogP contribution in [0.25, 0.3) is 6.08 Å².